The fraction of sp³-hybridized carbons (Fsp3) is 0.857. The molecule has 0 bridgehead atoms. The largest absolute Gasteiger partial charge is 0.390 e. The van der Waals surface area contributed by atoms with E-state index < -0.39 is 29.5 Å². The summed E-state index contributed by atoms with van der Waals surface area (Å²) >= 11 is 0. The summed E-state index contributed by atoms with van der Waals surface area (Å²) < 4.78 is 5.92. The van der Waals surface area contributed by atoms with Crippen LogP contribution in [0.15, 0.2) is 11.6 Å². The lowest BCUT2D eigenvalue weighted by molar-refractivity contribution is -0.140. The monoisotopic (exact) mass is 384 g/mol. The van der Waals surface area contributed by atoms with Crippen molar-refractivity contribution in [3.05, 3.63) is 11.6 Å². The molecule has 2 aliphatic rings. The third-order valence-electron chi connectivity index (χ3n) is 6.21. The lowest BCUT2D eigenvalue weighted by atomic mass is 9.79. The Morgan fingerprint density at radius 1 is 1.26 bits per heavy atom. The number of carbonyl (C=O) groups excluding carboxylic acids is 1. The standard InChI is InChI=1S/C21H36O6/c1-13(2)6-5-10-20(3,25)17(23)9-11-21(4,26)18-12-14-16(27-18)8-7-15(22)19(14)24/h6,14-18,22-23,25-26H,5,7-12H2,1-4H3/t14?,15-,16?,17-,18+,20+,21+/m1/s1. The molecule has 4 N–H and O–H groups in total. The Balaban J connectivity index is 1.89. The summed E-state index contributed by atoms with van der Waals surface area (Å²) in [7, 11) is 0. The maximum atomic E-state index is 12.1. The van der Waals surface area contributed by atoms with E-state index in [0.717, 1.165) is 0 Å². The first-order valence-corrected chi connectivity index (χ1v) is 10.1. The minimum Gasteiger partial charge on any atom is -0.390 e. The van der Waals surface area contributed by atoms with Gasteiger partial charge in [0, 0.05) is 5.92 Å². The molecule has 0 aromatic rings. The predicted octanol–water partition coefficient (Wildman–Crippen LogP) is 1.87. The van der Waals surface area contributed by atoms with Crippen LogP contribution in [-0.4, -0.2) is 61.8 Å². The van der Waals surface area contributed by atoms with Gasteiger partial charge in [0.2, 0.25) is 0 Å². The number of ether oxygens (including phenoxy) is 1. The van der Waals surface area contributed by atoms with Crippen LogP contribution in [0.4, 0.5) is 0 Å². The molecule has 1 saturated heterocycles. The van der Waals surface area contributed by atoms with Crippen molar-refractivity contribution in [1.29, 1.82) is 0 Å². The minimum absolute atomic E-state index is 0.188. The third kappa shape index (κ3) is 5.61. The highest BCUT2D eigenvalue weighted by Gasteiger charge is 2.50. The molecule has 0 spiro atoms. The average Bonchev–Trinajstić information content (AvgIpc) is 3.01. The van der Waals surface area contributed by atoms with Gasteiger partial charge in [-0.2, -0.15) is 0 Å². The third-order valence-corrected chi connectivity index (χ3v) is 6.21. The number of Topliss-reactive ketones (excluding diaryl/α,β-unsaturated/α-hetero) is 1. The van der Waals surface area contributed by atoms with Gasteiger partial charge in [-0.1, -0.05) is 11.6 Å². The zero-order valence-electron chi connectivity index (χ0n) is 17.0. The normalized spacial score (nSPS) is 33.7. The van der Waals surface area contributed by atoms with Crippen LogP contribution in [0, 0.1) is 5.92 Å². The molecule has 1 heterocycles. The summed E-state index contributed by atoms with van der Waals surface area (Å²) in [5, 5.41) is 41.6. The Morgan fingerprint density at radius 3 is 2.56 bits per heavy atom. The Morgan fingerprint density at radius 2 is 1.93 bits per heavy atom. The first kappa shape index (κ1) is 22.5. The summed E-state index contributed by atoms with van der Waals surface area (Å²) in [4.78, 5) is 12.1. The smallest absolute Gasteiger partial charge is 0.167 e. The first-order valence-electron chi connectivity index (χ1n) is 10.1. The van der Waals surface area contributed by atoms with E-state index in [1.165, 1.54) is 5.57 Å². The van der Waals surface area contributed by atoms with E-state index in [1.54, 1.807) is 13.8 Å². The maximum Gasteiger partial charge on any atom is 0.167 e. The molecule has 0 aromatic carbocycles. The number of fused-ring (bicyclic) bond motifs is 1. The van der Waals surface area contributed by atoms with Crippen molar-refractivity contribution in [1.82, 2.24) is 0 Å². The molecule has 2 rings (SSSR count). The highest BCUT2D eigenvalue weighted by molar-refractivity contribution is 5.86. The molecule has 0 amide bonds. The van der Waals surface area contributed by atoms with Crippen LogP contribution >= 0.6 is 0 Å². The molecule has 6 nitrogen and oxygen atoms in total. The minimum atomic E-state index is -1.23. The van der Waals surface area contributed by atoms with Gasteiger partial charge in [-0.15, -0.1) is 0 Å². The van der Waals surface area contributed by atoms with Crippen molar-refractivity contribution in [3.63, 3.8) is 0 Å². The number of hydrogen-bond acceptors (Lipinski definition) is 6. The zero-order valence-corrected chi connectivity index (χ0v) is 17.0. The molecule has 1 aliphatic heterocycles. The topological polar surface area (TPSA) is 107 Å². The number of ketones is 1. The SMILES string of the molecule is CC(C)=CCC[C@](C)(O)[C@H](O)CC[C@](C)(O)[C@@H]1CC2C(=O)[C@H](O)CCC2O1. The molecular formula is C21H36O6. The van der Waals surface area contributed by atoms with Gasteiger partial charge in [0.15, 0.2) is 5.78 Å². The van der Waals surface area contributed by atoms with E-state index in [9.17, 15) is 25.2 Å². The molecule has 27 heavy (non-hydrogen) atoms. The lowest BCUT2D eigenvalue weighted by Gasteiger charge is -2.34. The van der Waals surface area contributed by atoms with E-state index in [2.05, 4.69) is 0 Å². The van der Waals surface area contributed by atoms with Crippen LogP contribution in [-0.2, 0) is 9.53 Å². The van der Waals surface area contributed by atoms with Crippen LogP contribution in [0.2, 0.25) is 0 Å². The highest BCUT2D eigenvalue weighted by atomic mass is 16.5. The second-order valence-electron chi connectivity index (χ2n) is 9.09. The first-order chi connectivity index (χ1) is 12.4. The van der Waals surface area contributed by atoms with Gasteiger partial charge in [-0.05, 0) is 72.6 Å². The Hall–Kier alpha value is -0.790. The van der Waals surface area contributed by atoms with Gasteiger partial charge in [0.25, 0.3) is 0 Å². The van der Waals surface area contributed by atoms with Crippen LogP contribution in [0.3, 0.4) is 0 Å². The average molecular weight is 385 g/mol. The predicted molar refractivity (Wildman–Crippen MR) is 102 cm³/mol. The van der Waals surface area contributed by atoms with Crippen molar-refractivity contribution in [2.24, 2.45) is 5.92 Å². The molecule has 6 heteroatoms. The second-order valence-corrected chi connectivity index (χ2v) is 9.09. The summed E-state index contributed by atoms with van der Waals surface area (Å²) in [6, 6.07) is 0. The Labute approximate surface area is 162 Å². The lowest BCUT2D eigenvalue weighted by Crippen LogP contribution is -2.44. The van der Waals surface area contributed by atoms with Gasteiger partial charge < -0.3 is 25.2 Å². The molecule has 156 valence electrons. The van der Waals surface area contributed by atoms with Gasteiger partial charge in [-0.25, -0.2) is 0 Å². The molecule has 1 aliphatic carbocycles. The molecule has 0 aromatic heterocycles. The van der Waals surface area contributed by atoms with Crippen molar-refractivity contribution in [2.45, 2.75) is 108 Å². The molecule has 7 atom stereocenters. The molecule has 2 fully saturated rings. The number of hydrogen-bond donors (Lipinski definition) is 4. The zero-order chi connectivity index (χ0) is 20.4. The van der Waals surface area contributed by atoms with Crippen molar-refractivity contribution < 1.29 is 30.0 Å². The second kappa shape index (κ2) is 8.70. The number of carbonyl (C=O) groups is 1. The number of aliphatic hydroxyl groups is 4. The molecule has 1 saturated carbocycles. The molecule has 2 unspecified atom stereocenters. The summed E-state index contributed by atoms with van der Waals surface area (Å²) in [6.07, 6.45) is 2.43. The van der Waals surface area contributed by atoms with E-state index in [1.807, 2.05) is 19.9 Å². The Kier molecular flexibility index (Phi) is 7.25. The number of allylic oxidation sites excluding steroid dienone is 2. The number of rotatable bonds is 8. The fourth-order valence-corrected chi connectivity index (χ4v) is 4.14. The van der Waals surface area contributed by atoms with E-state index in [4.69, 9.17) is 4.74 Å². The van der Waals surface area contributed by atoms with Crippen LogP contribution in [0.1, 0.15) is 72.6 Å². The highest BCUT2D eigenvalue weighted by Crippen LogP contribution is 2.40. The van der Waals surface area contributed by atoms with E-state index >= 15 is 0 Å². The van der Waals surface area contributed by atoms with Crippen molar-refractivity contribution in [3.8, 4) is 0 Å². The molecule has 0 radical (unpaired) electrons. The Bertz CT molecular complexity index is 549. The van der Waals surface area contributed by atoms with Crippen LogP contribution in [0.5, 0.6) is 0 Å². The maximum absolute atomic E-state index is 12.1. The van der Waals surface area contributed by atoms with Crippen LogP contribution in [0.25, 0.3) is 0 Å². The summed E-state index contributed by atoms with van der Waals surface area (Å²) in [5.41, 5.74) is -1.27. The summed E-state index contributed by atoms with van der Waals surface area (Å²) in [5.74, 6) is -0.547. The summed E-state index contributed by atoms with van der Waals surface area (Å²) in [6.45, 7) is 7.25. The van der Waals surface area contributed by atoms with Crippen molar-refractivity contribution >= 4 is 5.78 Å². The van der Waals surface area contributed by atoms with Gasteiger partial charge in [0.1, 0.15) is 6.10 Å². The quantitative estimate of drug-likeness (QED) is 0.476. The molecular weight excluding hydrogens is 348 g/mol. The van der Waals surface area contributed by atoms with E-state index in [-0.39, 0.29) is 30.6 Å². The van der Waals surface area contributed by atoms with Crippen LogP contribution < -0.4 is 0 Å². The van der Waals surface area contributed by atoms with Gasteiger partial charge in [0.05, 0.1) is 29.5 Å². The van der Waals surface area contributed by atoms with E-state index in [0.29, 0.717) is 32.1 Å². The van der Waals surface area contributed by atoms with Crippen molar-refractivity contribution in [2.75, 3.05) is 0 Å². The fourth-order valence-electron chi connectivity index (χ4n) is 4.14. The van der Waals surface area contributed by atoms with Gasteiger partial charge in [-0.3, -0.25) is 4.79 Å². The van der Waals surface area contributed by atoms with Gasteiger partial charge >= 0.3 is 0 Å². The number of aliphatic hydroxyl groups excluding tert-OH is 2.